The molecule has 0 unspecified atom stereocenters. The first-order chi connectivity index (χ1) is 13.9. The molecule has 0 saturated carbocycles. The number of aromatic nitrogens is 2. The molecule has 2 N–H and O–H groups in total. The number of amides is 1. The minimum absolute atomic E-state index is 0.253. The highest BCUT2D eigenvalue weighted by molar-refractivity contribution is 7.92. The molecule has 0 aliphatic carbocycles. The van der Waals surface area contributed by atoms with Gasteiger partial charge in [0.25, 0.3) is 5.91 Å². The number of rotatable bonds is 4. The predicted octanol–water partition coefficient (Wildman–Crippen LogP) is 4.84. The van der Waals surface area contributed by atoms with Crippen LogP contribution >= 0.6 is 0 Å². The van der Waals surface area contributed by atoms with E-state index in [-0.39, 0.29) is 5.91 Å². The van der Waals surface area contributed by atoms with Gasteiger partial charge in [0.1, 0.15) is 5.82 Å². The molecule has 146 valence electrons. The van der Waals surface area contributed by atoms with Crippen LogP contribution in [0.2, 0.25) is 0 Å². The number of carbonyl (C=O) groups excluding carboxylic acids is 1. The average molecular weight is 404 g/mol. The van der Waals surface area contributed by atoms with Crippen LogP contribution in [0.25, 0.3) is 22.4 Å². The Kier molecular flexibility index (Phi) is 4.90. The van der Waals surface area contributed by atoms with Crippen LogP contribution in [-0.2, 0) is 9.73 Å². The van der Waals surface area contributed by atoms with Gasteiger partial charge in [-0.25, -0.2) is 9.19 Å². The molecule has 6 nitrogen and oxygen atoms in total. The molecule has 0 radical (unpaired) electrons. The van der Waals surface area contributed by atoms with Gasteiger partial charge >= 0.3 is 0 Å². The molecule has 0 fully saturated rings. The van der Waals surface area contributed by atoms with Crippen LogP contribution in [0, 0.1) is 0 Å². The Morgan fingerprint density at radius 2 is 1.76 bits per heavy atom. The van der Waals surface area contributed by atoms with E-state index in [1.54, 1.807) is 36.8 Å². The summed E-state index contributed by atoms with van der Waals surface area (Å²) in [6.45, 7) is 0. The largest absolute Gasteiger partial charge is 0.338 e. The van der Waals surface area contributed by atoms with Gasteiger partial charge in [-0.2, -0.15) is 4.36 Å². The molecule has 0 bridgehead atoms. The molecule has 1 aromatic heterocycles. The number of anilines is 1. The molecule has 0 atom stereocenters. The van der Waals surface area contributed by atoms with Gasteiger partial charge in [0.2, 0.25) is 0 Å². The van der Waals surface area contributed by atoms with E-state index >= 15 is 0 Å². The summed E-state index contributed by atoms with van der Waals surface area (Å²) in [5.74, 6) is 0.526. The number of hydrogen-bond donors (Lipinski definition) is 2. The van der Waals surface area contributed by atoms with E-state index in [1.807, 2.05) is 48.5 Å². The second kappa shape index (κ2) is 7.52. The second-order valence-corrected chi connectivity index (χ2v) is 9.50. The molecule has 4 aromatic rings. The van der Waals surface area contributed by atoms with Gasteiger partial charge in [0.15, 0.2) is 0 Å². The molecule has 4 rings (SSSR count). The summed E-state index contributed by atoms with van der Waals surface area (Å²) in [6.07, 6.45) is 3.12. The SMILES string of the molecule is CS(C)(=O)=Nc1cccc(C(=O)Nc2ccc(-c3nc4ccccc4[nH]3)cc2)c1. The summed E-state index contributed by atoms with van der Waals surface area (Å²) < 4.78 is 16.0. The maximum atomic E-state index is 12.6. The lowest BCUT2D eigenvalue weighted by Gasteiger charge is -2.07. The van der Waals surface area contributed by atoms with Crippen molar-refractivity contribution in [3.63, 3.8) is 0 Å². The average Bonchev–Trinajstić information content (AvgIpc) is 3.11. The first kappa shape index (κ1) is 18.9. The molecule has 0 aliphatic rings. The fourth-order valence-electron chi connectivity index (χ4n) is 2.96. The Bertz CT molecular complexity index is 1280. The van der Waals surface area contributed by atoms with E-state index in [4.69, 9.17) is 0 Å². The highest BCUT2D eigenvalue weighted by atomic mass is 32.2. The lowest BCUT2D eigenvalue weighted by Crippen LogP contribution is -2.11. The highest BCUT2D eigenvalue weighted by Crippen LogP contribution is 2.23. The Labute approximate surface area is 169 Å². The molecule has 1 amide bonds. The number of nitrogens with zero attached hydrogens (tertiary/aromatic N) is 2. The summed E-state index contributed by atoms with van der Waals surface area (Å²) >= 11 is 0. The summed E-state index contributed by atoms with van der Waals surface area (Å²) in [5.41, 5.74) is 4.47. The molecule has 0 saturated heterocycles. The summed E-state index contributed by atoms with van der Waals surface area (Å²) in [4.78, 5) is 20.4. The molecular weight excluding hydrogens is 384 g/mol. The third-order valence-corrected chi connectivity index (χ3v) is 4.89. The Hall–Kier alpha value is -3.45. The second-order valence-electron chi connectivity index (χ2n) is 6.96. The minimum atomic E-state index is -2.29. The number of fused-ring (bicyclic) bond motifs is 1. The maximum Gasteiger partial charge on any atom is 0.255 e. The normalized spacial score (nSPS) is 11.4. The topological polar surface area (TPSA) is 87.2 Å². The third kappa shape index (κ3) is 4.52. The van der Waals surface area contributed by atoms with Crippen LogP contribution in [0.5, 0.6) is 0 Å². The molecule has 1 heterocycles. The molecule has 7 heteroatoms. The van der Waals surface area contributed by atoms with Crippen LogP contribution in [-0.4, -0.2) is 32.6 Å². The fraction of sp³-hybridized carbons (Fsp3) is 0.0909. The standard InChI is InChI=1S/C22H20N4O2S/c1-29(2,28)26-18-7-5-6-16(14-18)22(27)23-17-12-10-15(11-13-17)21-24-19-8-3-4-9-20(19)25-21/h3-14H,1-2H3,(H,23,27)(H,24,25). The number of hydrogen-bond acceptors (Lipinski definition) is 4. The number of carbonyl (C=O) groups is 1. The predicted molar refractivity (Wildman–Crippen MR) is 118 cm³/mol. The van der Waals surface area contributed by atoms with E-state index in [0.717, 1.165) is 22.4 Å². The Morgan fingerprint density at radius 1 is 1.00 bits per heavy atom. The zero-order chi connectivity index (χ0) is 20.4. The zero-order valence-electron chi connectivity index (χ0n) is 16.0. The summed E-state index contributed by atoms with van der Waals surface area (Å²) in [6, 6.07) is 22.1. The van der Waals surface area contributed by atoms with Crippen molar-refractivity contribution in [2.24, 2.45) is 4.36 Å². The van der Waals surface area contributed by atoms with Crippen molar-refractivity contribution in [2.75, 3.05) is 17.8 Å². The first-order valence-corrected chi connectivity index (χ1v) is 11.3. The van der Waals surface area contributed by atoms with Crippen molar-refractivity contribution in [2.45, 2.75) is 0 Å². The van der Waals surface area contributed by atoms with E-state index in [9.17, 15) is 9.00 Å². The van der Waals surface area contributed by atoms with E-state index in [0.29, 0.717) is 16.9 Å². The van der Waals surface area contributed by atoms with Crippen molar-refractivity contribution in [1.82, 2.24) is 9.97 Å². The Morgan fingerprint density at radius 3 is 2.48 bits per heavy atom. The Balaban J connectivity index is 1.52. The lowest BCUT2D eigenvalue weighted by molar-refractivity contribution is 0.102. The number of nitrogens with one attached hydrogen (secondary N) is 2. The number of benzene rings is 3. The van der Waals surface area contributed by atoms with E-state index < -0.39 is 9.73 Å². The van der Waals surface area contributed by atoms with Crippen molar-refractivity contribution in [1.29, 1.82) is 0 Å². The number of aromatic amines is 1. The van der Waals surface area contributed by atoms with Crippen molar-refractivity contribution >= 4 is 38.0 Å². The number of imidazole rings is 1. The smallest absolute Gasteiger partial charge is 0.255 e. The van der Waals surface area contributed by atoms with Crippen LogP contribution in [0.4, 0.5) is 11.4 Å². The maximum absolute atomic E-state index is 12.6. The molecule has 29 heavy (non-hydrogen) atoms. The van der Waals surface area contributed by atoms with Crippen molar-refractivity contribution in [3.8, 4) is 11.4 Å². The highest BCUT2D eigenvalue weighted by Gasteiger charge is 2.09. The van der Waals surface area contributed by atoms with Gasteiger partial charge in [0, 0.05) is 39.1 Å². The summed E-state index contributed by atoms with van der Waals surface area (Å²) in [5, 5.41) is 2.87. The van der Waals surface area contributed by atoms with Gasteiger partial charge in [-0.15, -0.1) is 0 Å². The lowest BCUT2D eigenvalue weighted by atomic mass is 10.1. The van der Waals surface area contributed by atoms with Crippen molar-refractivity contribution < 1.29 is 9.00 Å². The fourth-order valence-corrected chi connectivity index (χ4v) is 3.58. The van der Waals surface area contributed by atoms with Crippen molar-refractivity contribution in [3.05, 3.63) is 78.4 Å². The zero-order valence-corrected chi connectivity index (χ0v) is 16.9. The van der Waals surface area contributed by atoms with Crippen LogP contribution < -0.4 is 5.32 Å². The summed E-state index contributed by atoms with van der Waals surface area (Å²) in [7, 11) is -2.29. The van der Waals surface area contributed by atoms with E-state index in [1.165, 1.54) is 0 Å². The quantitative estimate of drug-likeness (QED) is 0.510. The molecule has 0 spiro atoms. The number of H-pyrrole nitrogens is 1. The molecule has 0 aliphatic heterocycles. The molecular formula is C22H20N4O2S. The third-order valence-electron chi connectivity index (χ3n) is 4.24. The van der Waals surface area contributed by atoms with E-state index in [2.05, 4.69) is 19.6 Å². The first-order valence-electron chi connectivity index (χ1n) is 9.01. The van der Waals surface area contributed by atoms with Gasteiger partial charge in [0.05, 0.1) is 16.7 Å². The monoisotopic (exact) mass is 404 g/mol. The minimum Gasteiger partial charge on any atom is -0.338 e. The van der Waals surface area contributed by atoms with Crippen LogP contribution in [0.1, 0.15) is 10.4 Å². The van der Waals surface area contributed by atoms with Gasteiger partial charge < -0.3 is 10.3 Å². The van der Waals surface area contributed by atoms with Gasteiger partial charge in [-0.3, -0.25) is 4.79 Å². The molecule has 3 aromatic carbocycles. The van der Waals surface area contributed by atoms with Crippen LogP contribution in [0.15, 0.2) is 77.2 Å². The van der Waals surface area contributed by atoms with Gasteiger partial charge in [-0.1, -0.05) is 18.2 Å². The number of para-hydroxylation sites is 2. The van der Waals surface area contributed by atoms with Crippen LogP contribution in [0.3, 0.4) is 0 Å². The van der Waals surface area contributed by atoms with Gasteiger partial charge in [-0.05, 0) is 54.6 Å².